The Bertz CT molecular complexity index is 535. The Morgan fingerprint density at radius 2 is 1.89 bits per heavy atom. The standard InChI is InChI=1S/C15H17N3O/c1-18(2)14-8-6-12(7-9-14)15(19)17-11-13-5-3-4-10-16-13/h3-10H,11H2,1-2H3,(H,17,19). The van der Waals surface area contributed by atoms with E-state index >= 15 is 0 Å². The molecule has 0 spiro atoms. The van der Waals surface area contributed by atoms with Crippen LogP contribution in [0.1, 0.15) is 16.1 Å². The Hall–Kier alpha value is -2.36. The summed E-state index contributed by atoms with van der Waals surface area (Å²) in [5.74, 6) is -0.0871. The number of nitrogens with zero attached hydrogens (tertiary/aromatic N) is 2. The minimum absolute atomic E-state index is 0.0871. The number of aromatic nitrogens is 1. The summed E-state index contributed by atoms with van der Waals surface area (Å²) in [5, 5.41) is 2.85. The molecule has 1 aromatic heterocycles. The van der Waals surface area contributed by atoms with Crippen molar-refractivity contribution in [1.29, 1.82) is 0 Å². The van der Waals surface area contributed by atoms with Crippen molar-refractivity contribution < 1.29 is 4.79 Å². The second-order valence-corrected chi connectivity index (χ2v) is 4.45. The Morgan fingerprint density at radius 3 is 2.47 bits per heavy atom. The molecule has 0 aliphatic heterocycles. The van der Waals surface area contributed by atoms with E-state index in [2.05, 4.69) is 10.3 Å². The van der Waals surface area contributed by atoms with E-state index < -0.39 is 0 Å². The molecular weight excluding hydrogens is 238 g/mol. The molecule has 1 amide bonds. The number of carbonyl (C=O) groups is 1. The molecule has 98 valence electrons. The number of amides is 1. The lowest BCUT2D eigenvalue weighted by Crippen LogP contribution is -2.23. The van der Waals surface area contributed by atoms with Gasteiger partial charge in [-0.1, -0.05) is 6.07 Å². The highest BCUT2D eigenvalue weighted by atomic mass is 16.1. The molecule has 2 rings (SSSR count). The summed E-state index contributed by atoms with van der Waals surface area (Å²) in [6.45, 7) is 0.440. The highest BCUT2D eigenvalue weighted by Gasteiger charge is 2.05. The highest BCUT2D eigenvalue weighted by Crippen LogP contribution is 2.12. The lowest BCUT2D eigenvalue weighted by atomic mass is 10.2. The van der Waals surface area contributed by atoms with Crippen molar-refractivity contribution in [1.82, 2.24) is 10.3 Å². The lowest BCUT2D eigenvalue weighted by molar-refractivity contribution is 0.0950. The molecule has 2 aromatic rings. The number of anilines is 1. The molecule has 0 aliphatic rings. The van der Waals surface area contributed by atoms with Crippen LogP contribution in [0.4, 0.5) is 5.69 Å². The number of hydrogen-bond donors (Lipinski definition) is 1. The summed E-state index contributed by atoms with van der Waals surface area (Å²) in [7, 11) is 3.94. The van der Waals surface area contributed by atoms with E-state index in [0.29, 0.717) is 12.1 Å². The number of hydrogen-bond acceptors (Lipinski definition) is 3. The van der Waals surface area contributed by atoms with Crippen LogP contribution < -0.4 is 10.2 Å². The molecule has 0 bridgehead atoms. The zero-order valence-corrected chi connectivity index (χ0v) is 11.1. The van der Waals surface area contributed by atoms with Gasteiger partial charge in [0.15, 0.2) is 0 Å². The average Bonchev–Trinajstić information content (AvgIpc) is 2.46. The van der Waals surface area contributed by atoms with Crippen LogP contribution in [0.3, 0.4) is 0 Å². The van der Waals surface area contributed by atoms with Gasteiger partial charge >= 0.3 is 0 Å². The van der Waals surface area contributed by atoms with Crippen molar-refractivity contribution in [2.24, 2.45) is 0 Å². The number of nitrogens with one attached hydrogen (secondary N) is 1. The Balaban J connectivity index is 1.96. The molecule has 19 heavy (non-hydrogen) atoms. The van der Waals surface area contributed by atoms with Crippen LogP contribution in [0.15, 0.2) is 48.7 Å². The van der Waals surface area contributed by atoms with Crippen molar-refractivity contribution in [3.8, 4) is 0 Å². The highest BCUT2D eigenvalue weighted by molar-refractivity contribution is 5.94. The van der Waals surface area contributed by atoms with E-state index in [1.54, 1.807) is 6.20 Å². The van der Waals surface area contributed by atoms with Crippen LogP contribution in [-0.4, -0.2) is 25.0 Å². The van der Waals surface area contributed by atoms with Gasteiger partial charge in [-0.3, -0.25) is 9.78 Å². The number of pyridine rings is 1. The normalized spacial score (nSPS) is 10.0. The maximum Gasteiger partial charge on any atom is 0.251 e. The maximum absolute atomic E-state index is 11.9. The van der Waals surface area contributed by atoms with Crippen LogP contribution in [-0.2, 0) is 6.54 Å². The van der Waals surface area contributed by atoms with Crippen LogP contribution in [0, 0.1) is 0 Å². The fraction of sp³-hybridized carbons (Fsp3) is 0.200. The third-order valence-corrected chi connectivity index (χ3v) is 2.80. The molecular formula is C15H17N3O. The maximum atomic E-state index is 11.9. The van der Waals surface area contributed by atoms with E-state index in [1.165, 1.54) is 0 Å². The van der Waals surface area contributed by atoms with Crippen LogP contribution in [0.2, 0.25) is 0 Å². The Kier molecular flexibility index (Phi) is 4.13. The fourth-order valence-electron chi connectivity index (χ4n) is 1.69. The lowest BCUT2D eigenvalue weighted by Gasteiger charge is -2.12. The van der Waals surface area contributed by atoms with Gasteiger partial charge in [0.2, 0.25) is 0 Å². The fourth-order valence-corrected chi connectivity index (χ4v) is 1.69. The SMILES string of the molecule is CN(C)c1ccc(C(=O)NCc2ccccn2)cc1. The topological polar surface area (TPSA) is 45.2 Å². The number of carbonyl (C=O) groups excluding carboxylic acids is 1. The number of rotatable bonds is 4. The molecule has 0 unspecified atom stereocenters. The van der Waals surface area contributed by atoms with Gasteiger partial charge in [-0.25, -0.2) is 0 Å². The van der Waals surface area contributed by atoms with E-state index in [4.69, 9.17) is 0 Å². The first-order valence-electron chi connectivity index (χ1n) is 6.12. The zero-order valence-electron chi connectivity index (χ0n) is 11.1. The summed E-state index contributed by atoms with van der Waals surface area (Å²) in [6, 6.07) is 13.1. The van der Waals surface area contributed by atoms with Gasteiger partial charge in [-0.05, 0) is 36.4 Å². The molecule has 0 saturated heterocycles. The summed E-state index contributed by atoms with van der Waals surface area (Å²) >= 11 is 0. The summed E-state index contributed by atoms with van der Waals surface area (Å²) < 4.78 is 0. The largest absolute Gasteiger partial charge is 0.378 e. The van der Waals surface area contributed by atoms with Gasteiger partial charge in [0.1, 0.15) is 0 Å². The first-order chi connectivity index (χ1) is 9.16. The molecule has 1 aromatic carbocycles. The van der Waals surface area contributed by atoms with Crippen molar-refractivity contribution >= 4 is 11.6 Å². The summed E-state index contributed by atoms with van der Waals surface area (Å²) in [6.07, 6.45) is 1.72. The second-order valence-electron chi connectivity index (χ2n) is 4.45. The Morgan fingerprint density at radius 1 is 1.16 bits per heavy atom. The van der Waals surface area contributed by atoms with Crippen molar-refractivity contribution in [3.63, 3.8) is 0 Å². The van der Waals surface area contributed by atoms with Gasteiger partial charge in [-0.15, -0.1) is 0 Å². The second kappa shape index (κ2) is 6.00. The van der Waals surface area contributed by atoms with Gasteiger partial charge in [0, 0.05) is 31.5 Å². The van der Waals surface area contributed by atoms with Gasteiger partial charge in [0.05, 0.1) is 12.2 Å². The third kappa shape index (κ3) is 3.55. The molecule has 0 radical (unpaired) electrons. The van der Waals surface area contributed by atoms with Crippen molar-refractivity contribution in [2.45, 2.75) is 6.54 Å². The van der Waals surface area contributed by atoms with Crippen LogP contribution in [0.25, 0.3) is 0 Å². The minimum atomic E-state index is -0.0871. The van der Waals surface area contributed by atoms with E-state index in [9.17, 15) is 4.79 Å². The van der Waals surface area contributed by atoms with Gasteiger partial charge < -0.3 is 10.2 Å². The minimum Gasteiger partial charge on any atom is -0.378 e. The molecule has 0 saturated carbocycles. The predicted octanol–water partition coefficient (Wildman–Crippen LogP) is 2.08. The van der Waals surface area contributed by atoms with Gasteiger partial charge in [0.25, 0.3) is 5.91 Å². The average molecular weight is 255 g/mol. The number of benzene rings is 1. The Labute approximate surface area is 113 Å². The molecule has 1 N–H and O–H groups in total. The molecule has 4 nitrogen and oxygen atoms in total. The molecule has 0 fully saturated rings. The summed E-state index contributed by atoms with van der Waals surface area (Å²) in [5.41, 5.74) is 2.57. The smallest absolute Gasteiger partial charge is 0.251 e. The molecule has 0 aliphatic carbocycles. The first kappa shape index (κ1) is 13.1. The monoisotopic (exact) mass is 255 g/mol. The quantitative estimate of drug-likeness (QED) is 0.909. The van der Waals surface area contributed by atoms with E-state index in [-0.39, 0.29) is 5.91 Å². The molecule has 0 atom stereocenters. The van der Waals surface area contributed by atoms with Crippen molar-refractivity contribution in [3.05, 3.63) is 59.9 Å². The van der Waals surface area contributed by atoms with Crippen LogP contribution in [0.5, 0.6) is 0 Å². The zero-order chi connectivity index (χ0) is 13.7. The van der Waals surface area contributed by atoms with Crippen LogP contribution >= 0.6 is 0 Å². The van der Waals surface area contributed by atoms with Crippen molar-refractivity contribution in [2.75, 3.05) is 19.0 Å². The first-order valence-corrected chi connectivity index (χ1v) is 6.12. The molecule has 1 heterocycles. The van der Waals surface area contributed by atoms with E-state index in [0.717, 1.165) is 11.4 Å². The third-order valence-electron chi connectivity index (χ3n) is 2.80. The summed E-state index contributed by atoms with van der Waals surface area (Å²) in [4.78, 5) is 18.1. The molecule has 4 heteroatoms. The predicted molar refractivity (Wildman–Crippen MR) is 76.2 cm³/mol. The van der Waals surface area contributed by atoms with E-state index in [1.807, 2.05) is 61.5 Å². The van der Waals surface area contributed by atoms with Gasteiger partial charge in [-0.2, -0.15) is 0 Å².